The Morgan fingerprint density at radius 2 is 1.96 bits per heavy atom. The van der Waals surface area contributed by atoms with Crippen LogP contribution in [0.3, 0.4) is 0 Å². The van der Waals surface area contributed by atoms with Gasteiger partial charge in [-0.05, 0) is 29.7 Å². The van der Waals surface area contributed by atoms with Crippen LogP contribution in [0.5, 0.6) is 0 Å². The summed E-state index contributed by atoms with van der Waals surface area (Å²) in [5, 5.41) is 10.5. The number of hydrogen-bond donors (Lipinski definition) is 3. The fraction of sp³-hybridized carbons (Fsp3) is 0.111. The van der Waals surface area contributed by atoms with Gasteiger partial charge in [-0.25, -0.2) is 0 Å². The number of allylic oxidation sites excluding steroid dienone is 1. The molecule has 2 rings (SSSR count). The number of nitrogens with one attached hydrogen (secondary N) is 2. The number of nitrogens with two attached hydrogens (primary N) is 1. The van der Waals surface area contributed by atoms with Gasteiger partial charge < -0.3 is 16.5 Å². The maximum Gasteiger partial charge on any atom is 0.224 e. The van der Waals surface area contributed by atoms with Crippen molar-refractivity contribution in [2.45, 2.75) is 12.8 Å². The van der Waals surface area contributed by atoms with Crippen molar-refractivity contribution in [1.29, 1.82) is 5.41 Å². The molecular weight excluding hydrogens is 310 g/mol. The summed E-state index contributed by atoms with van der Waals surface area (Å²) in [5.41, 5.74) is 8.42. The molecule has 2 aromatic rings. The molecule has 0 saturated heterocycles. The second kappa shape index (κ2) is 8.15. The summed E-state index contributed by atoms with van der Waals surface area (Å²) >= 11 is 6.19. The molecule has 0 aromatic heterocycles. The fourth-order valence-corrected chi connectivity index (χ4v) is 2.37. The first kappa shape index (κ1) is 16.8. The van der Waals surface area contributed by atoms with Gasteiger partial charge in [-0.3, -0.25) is 4.79 Å². The van der Waals surface area contributed by atoms with Gasteiger partial charge in [0.15, 0.2) is 0 Å². The van der Waals surface area contributed by atoms with Gasteiger partial charge in [0.25, 0.3) is 0 Å². The Kier molecular flexibility index (Phi) is 5.94. The molecule has 0 atom stereocenters. The van der Waals surface area contributed by atoms with Gasteiger partial charge in [0.05, 0.1) is 10.7 Å². The lowest BCUT2D eigenvalue weighted by molar-refractivity contribution is -0.116. The zero-order chi connectivity index (χ0) is 16.7. The van der Waals surface area contributed by atoms with E-state index in [0.717, 1.165) is 17.3 Å². The van der Waals surface area contributed by atoms with Crippen LogP contribution >= 0.6 is 11.6 Å². The van der Waals surface area contributed by atoms with Crippen molar-refractivity contribution < 1.29 is 4.79 Å². The summed E-state index contributed by atoms with van der Waals surface area (Å²) in [6, 6.07) is 15.0. The third-order valence-electron chi connectivity index (χ3n) is 3.40. The zero-order valence-corrected chi connectivity index (χ0v) is 13.3. The number of hydrogen-bond acceptors (Lipinski definition) is 3. The van der Waals surface area contributed by atoms with Gasteiger partial charge in [0.1, 0.15) is 0 Å². The van der Waals surface area contributed by atoms with Crippen LogP contribution in [0.15, 0.2) is 54.7 Å². The van der Waals surface area contributed by atoms with Crippen molar-refractivity contribution in [2.24, 2.45) is 5.73 Å². The summed E-state index contributed by atoms with van der Waals surface area (Å²) in [6.45, 7) is 0. The Balaban J connectivity index is 1.99. The number of amides is 1. The van der Waals surface area contributed by atoms with E-state index in [0.29, 0.717) is 29.1 Å². The van der Waals surface area contributed by atoms with E-state index in [4.69, 9.17) is 22.7 Å². The van der Waals surface area contributed by atoms with Crippen molar-refractivity contribution >= 4 is 35.0 Å². The molecule has 23 heavy (non-hydrogen) atoms. The van der Waals surface area contributed by atoms with Crippen molar-refractivity contribution in [3.63, 3.8) is 0 Å². The average Bonchev–Trinajstić information content (AvgIpc) is 2.57. The number of carbonyl (C=O) groups excluding carboxylic acids is 1. The van der Waals surface area contributed by atoms with E-state index in [1.807, 2.05) is 30.3 Å². The Morgan fingerprint density at radius 3 is 2.57 bits per heavy atom. The molecule has 0 radical (unpaired) electrons. The monoisotopic (exact) mass is 327 g/mol. The topological polar surface area (TPSA) is 79.0 Å². The zero-order valence-electron chi connectivity index (χ0n) is 12.6. The summed E-state index contributed by atoms with van der Waals surface area (Å²) < 4.78 is 0. The number of anilines is 1. The van der Waals surface area contributed by atoms with Crippen LogP contribution in [-0.4, -0.2) is 12.1 Å². The number of rotatable bonds is 6. The highest BCUT2D eigenvalue weighted by atomic mass is 35.5. The van der Waals surface area contributed by atoms with Crippen LogP contribution in [0.4, 0.5) is 5.69 Å². The predicted molar refractivity (Wildman–Crippen MR) is 95.8 cm³/mol. The highest BCUT2D eigenvalue weighted by Crippen LogP contribution is 2.26. The van der Waals surface area contributed by atoms with Crippen molar-refractivity contribution in [3.8, 4) is 0 Å². The van der Waals surface area contributed by atoms with Gasteiger partial charge in [-0.1, -0.05) is 48.0 Å². The molecule has 5 heteroatoms. The molecule has 0 unspecified atom stereocenters. The summed E-state index contributed by atoms with van der Waals surface area (Å²) in [7, 11) is 0. The van der Waals surface area contributed by atoms with Crippen LogP contribution in [0.1, 0.15) is 17.5 Å². The van der Waals surface area contributed by atoms with E-state index in [-0.39, 0.29) is 5.91 Å². The van der Waals surface area contributed by atoms with Gasteiger partial charge in [0.2, 0.25) is 5.91 Å². The number of halogens is 1. The number of benzene rings is 2. The summed E-state index contributed by atoms with van der Waals surface area (Å²) in [5.74, 6) is -0.0925. The molecule has 4 N–H and O–H groups in total. The van der Waals surface area contributed by atoms with Gasteiger partial charge >= 0.3 is 0 Å². The van der Waals surface area contributed by atoms with E-state index >= 15 is 0 Å². The average molecular weight is 328 g/mol. The van der Waals surface area contributed by atoms with E-state index in [9.17, 15) is 4.79 Å². The lowest BCUT2D eigenvalue weighted by Crippen LogP contribution is -2.12. The number of carbonyl (C=O) groups is 1. The third-order valence-corrected chi connectivity index (χ3v) is 3.71. The molecule has 0 aliphatic carbocycles. The molecule has 0 heterocycles. The van der Waals surface area contributed by atoms with E-state index < -0.39 is 0 Å². The van der Waals surface area contributed by atoms with E-state index in [1.54, 1.807) is 18.2 Å². The smallest absolute Gasteiger partial charge is 0.224 e. The SMILES string of the molecule is N=C/C(=C\N)c1ccc(NC(=O)CCc2ccccc2)c(Cl)c1. The molecule has 0 aliphatic heterocycles. The molecule has 118 valence electrons. The first-order chi connectivity index (χ1) is 11.1. The lowest BCUT2D eigenvalue weighted by atomic mass is 10.1. The second-order valence-corrected chi connectivity index (χ2v) is 5.40. The van der Waals surface area contributed by atoms with Crippen molar-refractivity contribution in [2.75, 3.05) is 5.32 Å². The van der Waals surface area contributed by atoms with Crippen LogP contribution in [-0.2, 0) is 11.2 Å². The summed E-state index contributed by atoms with van der Waals surface area (Å²) in [6.07, 6.45) is 3.56. The Bertz CT molecular complexity index is 726. The Labute approximate surface area is 140 Å². The highest BCUT2D eigenvalue weighted by Gasteiger charge is 2.08. The standard InChI is InChI=1S/C18H18ClN3O/c19-16-10-14(15(11-20)12-21)7-8-17(16)22-18(23)9-6-13-4-2-1-3-5-13/h1-5,7-8,10-12,20H,6,9,21H2,(H,22,23)/b15-12+,20-11?. The lowest BCUT2D eigenvalue weighted by Gasteiger charge is -2.09. The first-order valence-electron chi connectivity index (χ1n) is 7.20. The van der Waals surface area contributed by atoms with Crippen molar-refractivity contribution in [3.05, 3.63) is 70.9 Å². The quantitative estimate of drug-likeness (QED) is 0.704. The van der Waals surface area contributed by atoms with Crippen molar-refractivity contribution in [1.82, 2.24) is 0 Å². The molecule has 0 fully saturated rings. The molecular formula is C18H18ClN3O. The number of aryl methyl sites for hydroxylation is 1. The maximum absolute atomic E-state index is 12.0. The molecule has 0 saturated carbocycles. The largest absolute Gasteiger partial charge is 0.404 e. The maximum atomic E-state index is 12.0. The highest BCUT2D eigenvalue weighted by molar-refractivity contribution is 6.34. The molecule has 2 aromatic carbocycles. The van der Waals surface area contributed by atoms with E-state index in [1.165, 1.54) is 6.20 Å². The minimum absolute atomic E-state index is 0.0925. The fourth-order valence-electron chi connectivity index (χ4n) is 2.14. The Morgan fingerprint density at radius 1 is 1.22 bits per heavy atom. The normalized spacial score (nSPS) is 11.1. The molecule has 0 spiro atoms. The van der Waals surface area contributed by atoms with Crippen LogP contribution in [0.2, 0.25) is 5.02 Å². The van der Waals surface area contributed by atoms with E-state index in [2.05, 4.69) is 5.32 Å². The Hall–Kier alpha value is -2.59. The summed E-state index contributed by atoms with van der Waals surface area (Å²) in [4.78, 5) is 12.0. The van der Waals surface area contributed by atoms with Gasteiger partial charge in [-0.15, -0.1) is 0 Å². The van der Waals surface area contributed by atoms with Gasteiger partial charge in [0, 0.05) is 24.4 Å². The molecule has 1 amide bonds. The first-order valence-corrected chi connectivity index (χ1v) is 7.58. The third kappa shape index (κ3) is 4.69. The van der Waals surface area contributed by atoms with Crippen LogP contribution in [0.25, 0.3) is 5.57 Å². The minimum atomic E-state index is -0.0925. The van der Waals surface area contributed by atoms with Crippen LogP contribution in [0, 0.1) is 5.41 Å². The predicted octanol–water partition coefficient (Wildman–Crippen LogP) is 3.86. The van der Waals surface area contributed by atoms with Crippen LogP contribution < -0.4 is 11.1 Å². The molecule has 4 nitrogen and oxygen atoms in total. The minimum Gasteiger partial charge on any atom is -0.404 e. The second-order valence-electron chi connectivity index (χ2n) is 4.99. The molecule has 0 aliphatic rings. The molecule has 0 bridgehead atoms. The van der Waals surface area contributed by atoms with Gasteiger partial charge in [-0.2, -0.15) is 0 Å².